The molecule has 2 amide bonds. The van der Waals surface area contributed by atoms with E-state index in [2.05, 4.69) is 0 Å². The van der Waals surface area contributed by atoms with E-state index in [0.29, 0.717) is 17.2 Å². The highest BCUT2D eigenvalue weighted by atomic mass is 16.7. The summed E-state index contributed by atoms with van der Waals surface area (Å²) in [5.74, 6) is 0.0330. The highest BCUT2D eigenvalue weighted by molar-refractivity contribution is 6.23. The van der Waals surface area contributed by atoms with Crippen LogP contribution in [0.2, 0.25) is 0 Å². The van der Waals surface area contributed by atoms with Gasteiger partial charge in [-0.15, -0.1) is 0 Å². The maximum atomic E-state index is 13.6. The lowest BCUT2D eigenvalue weighted by Gasteiger charge is -2.28. The third-order valence-corrected chi connectivity index (χ3v) is 5.91. The summed E-state index contributed by atoms with van der Waals surface area (Å²) in [4.78, 5) is 34.2. The number of hydrogen-bond donors (Lipinski definition) is 0. The molecule has 0 radical (unpaired) electrons. The van der Waals surface area contributed by atoms with E-state index in [0.717, 1.165) is 11.3 Å². The number of nitrogens with zero attached hydrogens (tertiary/aromatic N) is 2. The van der Waals surface area contributed by atoms with E-state index in [1.807, 2.05) is 54.6 Å². The Morgan fingerprint density at radius 3 is 1.84 bits per heavy atom. The van der Waals surface area contributed by atoms with Crippen molar-refractivity contribution in [3.63, 3.8) is 0 Å². The zero-order valence-corrected chi connectivity index (χ0v) is 17.7. The lowest BCUT2D eigenvalue weighted by molar-refractivity contribution is -0.126. The van der Waals surface area contributed by atoms with Gasteiger partial charge in [0, 0.05) is 0 Å². The molecule has 32 heavy (non-hydrogen) atoms. The second-order valence-corrected chi connectivity index (χ2v) is 7.64. The first kappa shape index (κ1) is 20.1. The third kappa shape index (κ3) is 3.18. The molecule has 2 aliphatic heterocycles. The molecule has 0 aliphatic carbocycles. The minimum absolute atomic E-state index is 0.282. The van der Waals surface area contributed by atoms with Crippen LogP contribution in [0.4, 0.5) is 11.4 Å². The Hall–Kier alpha value is -3.84. The minimum Gasteiger partial charge on any atom is -0.497 e. The van der Waals surface area contributed by atoms with Gasteiger partial charge in [0.25, 0.3) is 5.91 Å². The van der Waals surface area contributed by atoms with E-state index in [1.54, 1.807) is 43.5 Å². The summed E-state index contributed by atoms with van der Waals surface area (Å²) in [6.45, 7) is 0. The quantitative estimate of drug-likeness (QED) is 0.575. The SMILES string of the molecule is COc1ccc(N2C(=O)[C@@H]3[C@@H](ON(c4ccc(OC)cc4)[C@H]3c3ccccc3)C2=O)cc1. The predicted molar refractivity (Wildman–Crippen MR) is 119 cm³/mol. The molecule has 0 bridgehead atoms. The smallest absolute Gasteiger partial charge is 0.266 e. The van der Waals surface area contributed by atoms with Gasteiger partial charge < -0.3 is 9.47 Å². The lowest BCUT2D eigenvalue weighted by atomic mass is 9.90. The van der Waals surface area contributed by atoms with Gasteiger partial charge in [0.15, 0.2) is 6.10 Å². The van der Waals surface area contributed by atoms with Crippen LogP contribution >= 0.6 is 0 Å². The van der Waals surface area contributed by atoms with Crippen molar-refractivity contribution >= 4 is 23.2 Å². The number of amides is 2. The molecule has 7 nitrogen and oxygen atoms in total. The van der Waals surface area contributed by atoms with E-state index in [9.17, 15) is 9.59 Å². The summed E-state index contributed by atoms with van der Waals surface area (Å²) in [5, 5.41) is 1.67. The van der Waals surface area contributed by atoms with Crippen LogP contribution in [0.5, 0.6) is 11.5 Å². The number of hydrogen-bond acceptors (Lipinski definition) is 6. The monoisotopic (exact) mass is 430 g/mol. The fourth-order valence-electron chi connectivity index (χ4n) is 4.34. The number of anilines is 2. The molecule has 0 unspecified atom stereocenters. The van der Waals surface area contributed by atoms with Crippen LogP contribution in [-0.2, 0) is 14.4 Å². The second kappa shape index (κ2) is 8.01. The topological polar surface area (TPSA) is 68.3 Å². The molecule has 3 atom stereocenters. The van der Waals surface area contributed by atoms with Crippen molar-refractivity contribution in [2.45, 2.75) is 12.1 Å². The van der Waals surface area contributed by atoms with Crippen molar-refractivity contribution in [1.29, 1.82) is 0 Å². The normalized spacial score (nSPS) is 22.2. The first-order valence-corrected chi connectivity index (χ1v) is 10.3. The maximum absolute atomic E-state index is 13.6. The van der Waals surface area contributed by atoms with Gasteiger partial charge in [-0.3, -0.25) is 14.4 Å². The Bertz CT molecular complexity index is 1130. The molecule has 0 N–H and O–H groups in total. The zero-order valence-electron chi connectivity index (χ0n) is 17.7. The van der Waals surface area contributed by atoms with Crippen molar-refractivity contribution in [2.75, 3.05) is 24.2 Å². The van der Waals surface area contributed by atoms with Crippen molar-refractivity contribution in [3.05, 3.63) is 84.4 Å². The average molecular weight is 430 g/mol. The highest BCUT2D eigenvalue weighted by Gasteiger charge is 2.60. The van der Waals surface area contributed by atoms with Gasteiger partial charge in [-0.2, -0.15) is 0 Å². The molecular weight excluding hydrogens is 408 g/mol. The summed E-state index contributed by atoms with van der Waals surface area (Å²) in [6.07, 6.45) is -0.906. The van der Waals surface area contributed by atoms with Crippen LogP contribution in [-0.4, -0.2) is 32.1 Å². The van der Waals surface area contributed by atoms with E-state index in [4.69, 9.17) is 14.3 Å². The number of benzene rings is 3. The van der Waals surface area contributed by atoms with Gasteiger partial charge in [-0.05, 0) is 54.1 Å². The van der Waals surface area contributed by atoms with E-state index >= 15 is 0 Å². The molecule has 0 saturated carbocycles. The van der Waals surface area contributed by atoms with Crippen LogP contribution < -0.4 is 19.4 Å². The second-order valence-electron chi connectivity index (χ2n) is 7.64. The fourth-order valence-corrected chi connectivity index (χ4v) is 4.34. The van der Waals surface area contributed by atoms with E-state index in [-0.39, 0.29) is 11.8 Å². The summed E-state index contributed by atoms with van der Waals surface area (Å²) < 4.78 is 10.4. The Balaban J connectivity index is 1.53. The van der Waals surface area contributed by atoms with Crippen LogP contribution in [0.25, 0.3) is 0 Å². The van der Waals surface area contributed by atoms with E-state index in [1.165, 1.54) is 4.90 Å². The first-order chi connectivity index (χ1) is 15.6. The standard InChI is InChI=1S/C25H22N2O5/c1-30-19-12-8-17(9-13-19)26-24(28)21-22(16-6-4-3-5-7-16)27(32-23(21)25(26)29)18-10-14-20(31-2)15-11-18/h3-15,21-23H,1-2H3/t21-,22-,23+/m0/s1. The van der Waals surface area contributed by atoms with E-state index < -0.39 is 18.1 Å². The number of ether oxygens (including phenoxy) is 2. The van der Waals surface area contributed by atoms with Crippen molar-refractivity contribution in [1.82, 2.24) is 0 Å². The van der Waals surface area contributed by atoms with Gasteiger partial charge in [-0.25, -0.2) is 9.96 Å². The molecular formula is C25H22N2O5. The number of hydroxylamine groups is 1. The molecule has 2 saturated heterocycles. The zero-order chi connectivity index (χ0) is 22.2. The predicted octanol–water partition coefficient (Wildman–Crippen LogP) is 3.75. The fraction of sp³-hybridized carbons (Fsp3) is 0.200. The summed E-state index contributed by atoms with van der Waals surface area (Å²) in [6, 6.07) is 23.4. The van der Waals surface area contributed by atoms with Gasteiger partial charge in [0.2, 0.25) is 5.91 Å². The average Bonchev–Trinajstić information content (AvgIpc) is 3.36. The van der Waals surface area contributed by atoms with Crippen molar-refractivity contribution in [2.24, 2.45) is 5.92 Å². The number of carbonyl (C=O) groups is 2. The maximum Gasteiger partial charge on any atom is 0.266 e. The molecule has 7 heteroatoms. The molecule has 2 aliphatic rings. The number of methoxy groups -OCH3 is 2. The Labute approximate surface area is 185 Å². The molecule has 2 heterocycles. The number of rotatable bonds is 5. The molecule has 0 aromatic heterocycles. The van der Waals surface area contributed by atoms with Crippen LogP contribution in [0.1, 0.15) is 11.6 Å². The number of carbonyl (C=O) groups excluding carboxylic acids is 2. The molecule has 3 aromatic carbocycles. The summed E-state index contributed by atoms with van der Waals surface area (Å²) >= 11 is 0. The third-order valence-electron chi connectivity index (χ3n) is 5.91. The molecule has 3 aromatic rings. The number of imide groups is 1. The highest BCUT2D eigenvalue weighted by Crippen LogP contribution is 2.47. The van der Waals surface area contributed by atoms with Gasteiger partial charge in [-0.1, -0.05) is 30.3 Å². The Kier molecular flexibility index (Phi) is 5.03. The molecule has 5 rings (SSSR count). The van der Waals surface area contributed by atoms with Crippen molar-refractivity contribution in [3.8, 4) is 11.5 Å². The van der Waals surface area contributed by atoms with Crippen molar-refractivity contribution < 1.29 is 23.9 Å². The lowest BCUT2D eigenvalue weighted by Crippen LogP contribution is -2.37. The number of fused-ring (bicyclic) bond motifs is 1. The summed E-state index contributed by atoms with van der Waals surface area (Å²) in [5.41, 5.74) is 2.14. The van der Waals surface area contributed by atoms with Gasteiger partial charge in [0.1, 0.15) is 17.4 Å². The van der Waals surface area contributed by atoms with Crippen LogP contribution in [0.3, 0.4) is 0 Å². The first-order valence-electron chi connectivity index (χ1n) is 10.3. The Morgan fingerprint density at radius 1 is 0.719 bits per heavy atom. The van der Waals surface area contributed by atoms with Crippen LogP contribution in [0, 0.1) is 5.92 Å². The summed E-state index contributed by atoms with van der Waals surface area (Å²) in [7, 11) is 3.17. The molecule has 2 fully saturated rings. The largest absolute Gasteiger partial charge is 0.497 e. The van der Waals surface area contributed by atoms with Crippen LogP contribution in [0.15, 0.2) is 78.9 Å². The van der Waals surface area contributed by atoms with Gasteiger partial charge in [0.05, 0.1) is 31.6 Å². The Morgan fingerprint density at radius 2 is 1.28 bits per heavy atom. The molecule has 0 spiro atoms. The molecule has 162 valence electrons. The minimum atomic E-state index is -0.906. The van der Waals surface area contributed by atoms with Gasteiger partial charge >= 0.3 is 0 Å².